The summed E-state index contributed by atoms with van der Waals surface area (Å²) < 4.78 is 5.18. The molecular weight excluding hydrogens is 282 g/mol. The number of likely N-dealkylation sites (tertiary alicyclic amines) is 1. The molecule has 0 aliphatic carbocycles. The van der Waals surface area contributed by atoms with Crippen LogP contribution in [0.1, 0.15) is 54.4 Å². The molecule has 1 saturated heterocycles. The van der Waals surface area contributed by atoms with Crippen LogP contribution in [-0.2, 0) is 9.53 Å². The molecule has 1 heterocycles. The van der Waals surface area contributed by atoms with E-state index in [9.17, 15) is 9.59 Å². The van der Waals surface area contributed by atoms with Crippen molar-refractivity contribution in [1.82, 2.24) is 15.5 Å². The van der Waals surface area contributed by atoms with Crippen molar-refractivity contribution in [2.45, 2.75) is 71.6 Å². The molecule has 128 valence electrons. The Hall–Kier alpha value is -1.30. The van der Waals surface area contributed by atoms with Crippen LogP contribution in [0.3, 0.4) is 0 Å². The van der Waals surface area contributed by atoms with Gasteiger partial charge in [0.05, 0.1) is 6.04 Å². The van der Waals surface area contributed by atoms with Gasteiger partial charge in [-0.1, -0.05) is 6.92 Å². The van der Waals surface area contributed by atoms with Gasteiger partial charge in [0.25, 0.3) is 0 Å². The van der Waals surface area contributed by atoms with Crippen molar-refractivity contribution in [3.8, 4) is 0 Å². The smallest absolute Gasteiger partial charge is 0.407 e. The van der Waals surface area contributed by atoms with E-state index in [2.05, 4.69) is 22.5 Å². The first-order valence-electron chi connectivity index (χ1n) is 8.07. The lowest BCUT2D eigenvalue weighted by Crippen LogP contribution is -2.59. The Labute approximate surface area is 134 Å². The largest absolute Gasteiger partial charge is 0.444 e. The van der Waals surface area contributed by atoms with E-state index < -0.39 is 11.7 Å². The fraction of sp³-hybridized carbons (Fsp3) is 0.875. The summed E-state index contributed by atoms with van der Waals surface area (Å²) in [4.78, 5) is 26.0. The second kappa shape index (κ2) is 7.31. The Kier molecular flexibility index (Phi) is 6.23. The molecule has 1 aliphatic heterocycles. The molecule has 1 atom stereocenters. The minimum Gasteiger partial charge on any atom is -0.444 e. The van der Waals surface area contributed by atoms with Gasteiger partial charge < -0.3 is 15.4 Å². The van der Waals surface area contributed by atoms with Gasteiger partial charge in [-0.15, -0.1) is 0 Å². The number of rotatable bonds is 6. The van der Waals surface area contributed by atoms with E-state index >= 15 is 0 Å². The second-order valence-corrected chi connectivity index (χ2v) is 7.48. The van der Waals surface area contributed by atoms with Crippen LogP contribution >= 0.6 is 0 Å². The van der Waals surface area contributed by atoms with E-state index in [0.717, 1.165) is 19.5 Å². The van der Waals surface area contributed by atoms with Gasteiger partial charge >= 0.3 is 6.09 Å². The van der Waals surface area contributed by atoms with E-state index in [1.54, 1.807) is 0 Å². The van der Waals surface area contributed by atoms with Crippen molar-refractivity contribution in [1.29, 1.82) is 0 Å². The minimum atomic E-state index is -0.498. The van der Waals surface area contributed by atoms with Crippen LogP contribution in [0.15, 0.2) is 0 Å². The van der Waals surface area contributed by atoms with Gasteiger partial charge in [-0.2, -0.15) is 0 Å². The molecule has 1 fully saturated rings. The van der Waals surface area contributed by atoms with Crippen LogP contribution in [0.25, 0.3) is 0 Å². The van der Waals surface area contributed by atoms with E-state index in [-0.39, 0.29) is 17.5 Å². The number of alkyl carbamates (subject to hydrolysis) is 1. The summed E-state index contributed by atoms with van der Waals surface area (Å²) in [6.07, 6.45) is 1.15. The number of carbonyl (C=O) groups excluding carboxylic acids is 2. The van der Waals surface area contributed by atoms with Gasteiger partial charge in [-0.25, -0.2) is 4.79 Å². The van der Waals surface area contributed by atoms with Crippen LogP contribution in [0.4, 0.5) is 4.79 Å². The van der Waals surface area contributed by atoms with E-state index in [1.165, 1.54) is 0 Å². The predicted molar refractivity (Wildman–Crippen MR) is 86.7 cm³/mol. The summed E-state index contributed by atoms with van der Waals surface area (Å²) in [5.74, 6) is 0.0790. The molecule has 6 heteroatoms. The third-order valence-corrected chi connectivity index (χ3v) is 3.72. The number of nitrogens with zero attached hydrogens (tertiary/aromatic N) is 1. The lowest BCUT2D eigenvalue weighted by Gasteiger charge is -2.40. The highest BCUT2D eigenvalue weighted by atomic mass is 16.6. The Morgan fingerprint density at radius 3 is 2.32 bits per heavy atom. The zero-order valence-corrected chi connectivity index (χ0v) is 14.8. The summed E-state index contributed by atoms with van der Waals surface area (Å²) >= 11 is 0. The molecule has 1 aliphatic rings. The molecule has 0 aromatic carbocycles. The third kappa shape index (κ3) is 6.22. The van der Waals surface area contributed by atoms with Crippen molar-refractivity contribution in [2.24, 2.45) is 0 Å². The highest BCUT2D eigenvalue weighted by Gasteiger charge is 2.35. The number of ether oxygens (including phenoxy) is 1. The average Bonchev–Trinajstić information content (AvgIpc) is 2.23. The minimum absolute atomic E-state index is 0.00286. The van der Waals surface area contributed by atoms with Crippen LogP contribution in [-0.4, -0.2) is 53.7 Å². The van der Waals surface area contributed by atoms with Gasteiger partial charge in [0.2, 0.25) is 5.91 Å². The zero-order chi connectivity index (χ0) is 17.0. The van der Waals surface area contributed by atoms with E-state index in [0.29, 0.717) is 13.0 Å². The second-order valence-electron chi connectivity index (χ2n) is 7.48. The standard InChI is InChI=1S/C16H31N3O3/c1-7-19-11-8-12(19)13(20)18-16(5,6)9-10-17-14(21)22-15(2,3)4/h12H,7-11H2,1-6H3,(H,17,21)(H,18,20)/t12-/m0/s1. The first-order valence-corrected chi connectivity index (χ1v) is 8.07. The first kappa shape index (κ1) is 18.7. The van der Waals surface area contributed by atoms with Crippen LogP contribution < -0.4 is 10.6 Å². The monoisotopic (exact) mass is 313 g/mol. The van der Waals surface area contributed by atoms with E-state index in [1.807, 2.05) is 34.6 Å². The molecule has 0 bridgehead atoms. The zero-order valence-electron chi connectivity index (χ0n) is 14.8. The Morgan fingerprint density at radius 1 is 1.23 bits per heavy atom. The Morgan fingerprint density at radius 2 is 1.86 bits per heavy atom. The average molecular weight is 313 g/mol. The van der Waals surface area contributed by atoms with Gasteiger partial charge in [0, 0.05) is 18.6 Å². The number of likely N-dealkylation sites (N-methyl/N-ethyl adjacent to an activating group) is 1. The number of nitrogens with one attached hydrogen (secondary N) is 2. The molecule has 22 heavy (non-hydrogen) atoms. The highest BCUT2D eigenvalue weighted by molar-refractivity contribution is 5.83. The van der Waals surface area contributed by atoms with Crippen molar-refractivity contribution < 1.29 is 14.3 Å². The molecule has 0 spiro atoms. The Balaban J connectivity index is 2.31. The van der Waals surface area contributed by atoms with Crippen molar-refractivity contribution >= 4 is 12.0 Å². The first-order chi connectivity index (χ1) is 10.0. The van der Waals surface area contributed by atoms with Gasteiger partial charge in [-0.05, 0) is 54.0 Å². The van der Waals surface area contributed by atoms with E-state index in [4.69, 9.17) is 4.74 Å². The maximum atomic E-state index is 12.2. The third-order valence-electron chi connectivity index (χ3n) is 3.72. The molecule has 0 aromatic heterocycles. The summed E-state index contributed by atoms with van der Waals surface area (Å²) in [6, 6.07) is 0.00286. The van der Waals surface area contributed by atoms with Gasteiger partial charge in [0.15, 0.2) is 0 Å². The maximum absolute atomic E-state index is 12.2. The lowest BCUT2D eigenvalue weighted by molar-refractivity contribution is -0.132. The number of hydrogen-bond donors (Lipinski definition) is 2. The molecule has 1 rings (SSSR count). The molecule has 0 saturated carbocycles. The van der Waals surface area contributed by atoms with Crippen LogP contribution in [0.2, 0.25) is 0 Å². The van der Waals surface area contributed by atoms with Gasteiger partial charge in [0.1, 0.15) is 5.60 Å². The molecule has 2 amide bonds. The summed E-state index contributed by atoms with van der Waals surface area (Å²) in [5, 5.41) is 5.79. The van der Waals surface area contributed by atoms with Crippen molar-refractivity contribution in [3.05, 3.63) is 0 Å². The molecule has 6 nitrogen and oxygen atoms in total. The fourth-order valence-electron chi connectivity index (χ4n) is 2.39. The topological polar surface area (TPSA) is 70.7 Å². The molecule has 2 N–H and O–H groups in total. The van der Waals surface area contributed by atoms with Gasteiger partial charge in [-0.3, -0.25) is 9.69 Å². The maximum Gasteiger partial charge on any atom is 0.407 e. The lowest BCUT2D eigenvalue weighted by atomic mass is 9.97. The summed E-state index contributed by atoms with van der Waals surface area (Å²) in [7, 11) is 0. The molecule has 0 unspecified atom stereocenters. The van der Waals surface area contributed by atoms with Crippen molar-refractivity contribution in [2.75, 3.05) is 19.6 Å². The Bertz CT molecular complexity index is 400. The number of amides is 2. The van der Waals surface area contributed by atoms with Crippen molar-refractivity contribution in [3.63, 3.8) is 0 Å². The number of carbonyl (C=O) groups is 2. The predicted octanol–water partition coefficient (Wildman–Crippen LogP) is 1.89. The molecular formula is C16H31N3O3. The SMILES string of the molecule is CCN1CC[C@H]1C(=O)NC(C)(C)CCNC(=O)OC(C)(C)C. The fourth-order valence-corrected chi connectivity index (χ4v) is 2.39. The van der Waals surface area contributed by atoms with Crippen LogP contribution in [0, 0.1) is 0 Å². The molecule has 0 aromatic rings. The number of hydrogen-bond acceptors (Lipinski definition) is 4. The molecule has 0 radical (unpaired) electrons. The summed E-state index contributed by atoms with van der Waals surface area (Å²) in [5.41, 5.74) is -0.858. The summed E-state index contributed by atoms with van der Waals surface area (Å²) in [6.45, 7) is 13.8. The quantitative estimate of drug-likeness (QED) is 0.785. The highest BCUT2D eigenvalue weighted by Crippen LogP contribution is 2.18. The van der Waals surface area contributed by atoms with Crippen LogP contribution in [0.5, 0.6) is 0 Å². The normalized spacial score (nSPS) is 19.3.